The van der Waals surface area contributed by atoms with Crippen LogP contribution in [0, 0.1) is 0 Å². The maximum absolute atomic E-state index is 12.7. The van der Waals surface area contributed by atoms with Gasteiger partial charge in [-0.05, 0) is 30.2 Å². The van der Waals surface area contributed by atoms with E-state index in [0.29, 0.717) is 11.4 Å². The summed E-state index contributed by atoms with van der Waals surface area (Å²) in [6.45, 7) is 9.73. The zero-order valence-electron chi connectivity index (χ0n) is 17.4. The number of carbonyl (C=O) groups is 2. The number of anilines is 2. The Morgan fingerprint density at radius 3 is 2.24 bits per heavy atom. The first-order valence-corrected chi connectivity index (χ1v) is 9.67. The monoisotopic (exact) mass is 396 g/mol. The molecule has 0 radical (unpaired) electrons. The van der Waals surface area contributed by atoms with Crippen LogP contribution in [0.25, 0.3) is 0 Å². The van der Waals surface area contributed by atoms with E-state index in [1.165, 1.54) is 6.20 Å². The van der Waals surface area contributed by atoms with Gasteiger partial charge in [-0.3, -0.25) is 9.59 Å². The summed E-state index contributed by atoms with van der Waals surface area (Å²) in [6, 6.07) is 7.38. The molecule has 1 fully saturated rings. The van der Waals surface area contributed by atoms with Crippen LogP contribution in [0.4, 0.5) is 11.6 Å². The molecule has 0 spiro atoms. The average Bonchev–Trinajstić information content (AvgIpc) is 2.67. The first kappa shape index (κ1) is 20.7. The van der Waals surface area contributed by atoms with Crippen LogP contribution < -0.4 is 16.0 Å². The number of amides is 2. The molecule has 1 aromatic heterocycles. The Labute approximate surface area is 171 Å². The van der Waals surface area contributed by atoms with Crippen molar-refractivity contribution in [3.05, 3.63) is 47.3 Å². The first-order chi connectivity index (χ1) is 13.6. The fraction of sp³-hybridized carbons (Fsp3) is 0.429. The van der Waals surface area contributed by atoms with Crippen LogP contribution in [0.1, 0.15) is 47.2 Å². The molecule has 8 nitrogen and oxygen atoms in total. The van der Waals surface area contributed by atoms with Gasteiger partial charge in [-0.2, -0.15) is 0 Å². The van der Waals surface area contributed by atoms with Crippen LogP contribution in [0.3, 0.4) is 0 Å². The molecule has 2 heterocycles. The molecule has 2 aromatic rings. The van der Waals surface area contributed by atoms with E-state index in [4.69, 9.17) is 5.73 Å². The highest BCUT2D eigenvalue weighted by atomic mass is 16.2. The Morgan fingerprint density at radius 2 is 1.69 bits per heavy atom. The van der Waals surface area contributed by atoms with Crippen LogP contribution in [-0.4, -0.2) is 59.9 Å². The van der Waals surface area contributed by atoms with Crippen LogP contribution in [0.15, 0.2) is 30.5 Å². The third-order valence-electron chi connectivity index (χ3n) is 5.07. The molecule has 0 unspecified atom stereocenters. The number of nitrogens with one attached hydrogen (secondary N) is 1. The molecule has 1 saturated heterocycles. The van der Waals surface area contributed by atoms with Crippen LogP contribution in [0.2, 0.25) is 0 Å². The summed E-state index contributed by atoms with van der Waals surface area (Å²) in [4.78, 5) is 37.4. The maximum Gasteiger partial charge on any atom is 0.271 e. The van der Waals surface area contributed by atoms with Gasteiger partial charge in [0.05, 0.1) is 6.20 Å². The summed E-state index contributed by atoms with van der Waals surface area (Å²) in [5, 5.41) is 2.70. The molecular weight excluding hydrogens is 368 g/mol. The normalized spacial score (nSPS) is 15.2. The van der Waals surface area contributed by atoms with Crippen molar-refractivity contribution in [2.45, 2.75) is 26.2 Å². The maximum atomic E-state index is 12.7. The largest absolute Gasteiger partial charge is 0.364 e. The van der Waals surface area contributed by atoms with Gasteiger partial charge in [-0.1, -0.05) is 32.9 Å². The number of nitrogens with zero attached hydrogens (tertiary/aromatic N) is 4. The Balaban J connectivity index is 1.83. The number of carbonyl (C=O) groups excluding carboxylic acids is 2. The number of nitrogens with two attached hydrogens (primary N) is 1. The molecule has 1 aliphatic rings. The Bertz CT molecular complexity index is 896. The molecule has 0 atom stereocenters. The van der Waals surface area contributed by atoms with Gasteiger partial charge in [0, 0.05) is 31.7 Å². The fourth-order valence-corrected chi connectivity index (χ4v) is 3.14. The van der Waals surface area contributed by atoms with Gasteiger partial charge in [0.1, 0.15) is 5.82 Å². The SMILES string of the molecule is CN1CCN(c2cnc(C(N)=O)c(NC(=O)c3ccc(C(C)(C)C)cc3)n2)CC1. The van der Waals surface area contributed by atoms with Crippen molar-refractivity contribution in [3.63, 3.8) is 0 Å². The second-order valence-corrected chi connectivity index (χ2v) is 8.36. The van der Waals surface area contributed by atoms with Gasteiger partial charge in [0.2, 0.25) is 0 Å². The molecule has 0 saturated carbocycles. The van der Waals surface area contributed by atoms with Crippen LogP contribution in [0.5, 0.6) is 0 Å². The molecule has 3 rings (SSSR count). The summed E-state index contributed by atoms with van der Waals surface area (Å²) < 4.78 is 0. The van der Waals surface area contributed by atoms with E-state index in [2.05, 4.69) is 52.9 Å². The van der Waals surface area contributed by atoms with Gasteiger partial charge in [-0.25, -0.2) is 9.97 Å². The predicted molar refractivity (Wildman–Crippen MR) is 113 cm³/mol. The molecular formula is C21H28N6O2. The van der Waals surface area contributed by atoms with Crippen molar-refractivity contribution in [1.29, 1.82) is 0 Å². The molecule has 0 bridgehead atoms. The van der Waals surface area contributed by atoms with Gasteiger partial charge in [0.25, 0.3) is 11.8 Å². The summed E-state index contributed by atoms with van der Waals surface area (Å²) in [5.41, 5.74) is 6.97. The zero-order valence-corrected chi connectivity index (χ0v) is 17.4. The average molecular weight is 396 g/mol. The lowest BCUT2D eigenvalue weighted by Crippen LogP contribution is -2.45. The van der Waals surface area contributed by atoms with Gasteiger partial charge in [0.15, 0.2) is 11.5 Å². The first-order valence-electron chi connectivity index (χ1n) is 9.67. The quantitative estimate of drug-likeness (QED) is 0.818. The lowest BCUT2D eigenvalue weighted by Gasteiger charge is -2.33. The number of likely N-dealkylation sites (N-methyl/N-ethyl adjacent to an activating group) is 1. The molecule has 0 aliphatic carbocycles. The summed E-state index contributed by atoms with van der Waals surface area (Å²) in [5.74, 6) is -0.404. The van der Waals surface area contributed by atoms with E-state index in [-0.39, 0.29) is 22.8 Å². The smallest absolute Gasteiger partial charge is 0.271 e. The summed E-state index contributed by atoms with van der Waals surface area (Å²) >= 11 is 0. The Hall–Kier alpha value is -3.00. The van der Waals surface area contributed by atoms with E-state index in [1.54, 1.807) is 12.1 Å². The molecule has 8 heteroatoms. The number of hydrogen-bond donors (Lipinski definition) is 2. The third-order valence-corrected chi connectivity index (χ3v) is 5.07. The minimum absolute atomic E-state index is 0.00351. The standard InChI is InChI=1S/C21H28N6O2/c1-21(2,3)15-7-5-14(6-8-15)20(29)25-19-17(18(22)28)23-13-16(24-19)27-11-9-26(4)10-12-27/h5-8,13H,9-12H2,1-4H3,(H2,22,28)(H,24,25,29). The highest BCUT2D eigenvalue weighted by molar-refractivity contribution is 6.07. The van der Waals surface area contributed by atoms with Crippen molar-refractivity contribution in [1.82, 2.24) is 14.9 Å². The number of benzene rings is 1. The van der Waals surface area contributed by atoms with E-state index in [0.717, 1.165) is 31.7 Å². The zero-order chi connectivity index (χ0) is 21.2. The molecule has 1 aliphatic heterocycles. The second kappa shape index (κ2) is 8.16. The van der Waals surface area contributed by atoms with Crippen LogP contribution >= 0.6 is 0 Å². The molecule has 3 N–H and O–H groups in total. The van der Waals surface area contributed by atoms with E-state index < -0.39 is 5.91 Å². The third kappa shape index (κ3) is 4.89. The van der Waals surface area contributed by atoms with Gasteiger partial charge < -0.3 is 20.9 Å². The number of primary amides is 1. The minimum Gasteiger partial charge on any atom is -0.364 e. The predicted octanol–water partition coefficient (Wildman–Crippen LogP) is 1.88. The fourth-order valence-electron chi connectivity index (χ4n) is 3.14. The minimum atomic E-state index is -0.735. The molecule has 29 heavy (non-hydrogen) atoms. The molecule has 154 valence electrons. The van der Waals surface area contributed by atoms with Crippen molar-refractivity contribution in [2.24, 2.45) is 5.73 Å². The topological polar surface area (TPSA) is 104 Å². The second-order valence-electron chi connectivity index (χ2n) is 8.36. The van der Waals surface area contributed by atoms with Gasteiger partial charge >= 0.3 is 0 Å². The number of aromatic nitrogens is 2. The van der Waals surface area contributed by atoms with Gasteiger partial charge in [-0.15, -0.1) is 0 Å². The number of rotatable bonds is 4. The van der Waals surface area contributed by atoms with Crippen molar-refractivity contribution < 1.29 is 9.59 Å². The van der Waals surface area contributed by atoms with Crippen molar-refractivity contribution >= 4 is 23.5 Å². The van der Waals surface area contributed by atoms with E-state index in [9.17, 15) is 9.59 Å². The van der Waals surface area contributed by atoms with E-state index in [1.807, 2.05) is 12.1 Å². The number of hydrogen-bond acceptors (Lipinski definition) is 6. The van der Waals surface area contributed by atoms with Crippen LogP contribution in [-0.2, 0) is 5.41 Å². The number of piperazine rings is 1. The Kier molecular flexibility index (Phi) is 5.83. The highest BCUT2D eigenvalue weighted by Crippen LogP contribution is 2.23. The molecule has 2 amide bonds. The summed E-state index contributed by atoms with van der Waals surface area (Å²) in [6.07, 6.45) is 1.53. The van der Waals surface area contributed by atoms with E-state index >= 15 is 0 Å². The Morgan fingerprint density at radius 1 is 1.07 bits per heavy atom. The summed E-state index contributed by atoms with van der Waals surface area (Å²) in [7, 11) is 2.07. The lowest BCUT2D eigenvalue weighted by atomic mass is 9.87. The van der Waals surface area contributed by atoms with Crippen molar-refractivity contribution in [2.75, 3.05) is 43.4 Å². The van der Waals surface area contributed by atoms with Crippen molar-refractivity contribution in [3.8, 4) is 0 Å². The lowest BCUT2D eigenvalue weighted by molar-refractivity contribution is 0.0996. The molecule has 1 aromatic carbocycles. The highest BCUT2D eigenvalue weighted by Gasteiger charge is 2.21.